The Kier molecular flexibility index (Phi) is 4.34. The molecule has 1 amide bonds. The molecule has 3 rings (SSSR count). The van der Waals surface area contributed by atoms with Crippen molar-refractivity contribution in [3.63, 3.8) is 0 Å². The molecule has 0 spiro atoms. The number of amides is 1. The minimum atomic E-state index is 0.0639. The van der Waals surface area contributed by atoms with Crippen molar-refractivity contribution >= 4 is 25.3 Å². The summed E-state index contributed by atoms with van der Waals surface area (Å²) >= 11 is 0.237. The molecule has 0 bridgehead atoms. The first kappa shape index (κ1) is 13.9. The van der Waals surface area contributed by atoms with Crippen LogP contribution in [0.2, 0.25) is 0 Å². The van der Waals surface area contributed by atoms with Crippen LogP contribution in [0.5, 0.6) is 0 Å². The third-order valence-electron chi connectivity index (χ3n) is 3.22. The third kappa shape index (κ3) is 3.52. The Morgan fingerprint density at radius 1 is 0.905 bits per heavy atom. The summed E-state index contributed by atoms with van der Waals surface area (Å²) in [4.78, 5) is 16.0. The molecule has 1 aliphatic rings. The number of benzene rings is 2. The van der Waals surface area contributed by atoms with Crippen LogP contribution in [-0.4, -0.2) is 25.8 Å². The molecule has 2 aromatic rings. The molecule has 1 heterocycles. The number of rotatable bonds is 4. The summed E-state index contributed by atoms with van der Waals surface area (Å²) in [7, 11) is 0. The van der Waals surface area contributed by atoms with Crippen LogP contribution in [0.15, 0.2) is 83.5 Å². The van der Waals surface area contributed by atoms with Crippen LogP contribution in [0.1, 0.15) is 5.56 Å². The van der Waals surface area contributed by atoms with Gasteiger partial charge in [0.25, 0.3) is 0 Å². The van der Waals surface area contributed by atoms with Gasteiger partial charge in [0, 0.05) is 0 Å². The predicted octanol–water partition coefficient (Wildman–Crippen LogP) is 2.46. The fourth-order valence-electron chi connectivity index (χ4n) is 2.13. The van der Waals surface area contributed by atoms with Crippen LogP contribution < -0.4 is 4.46 Å². The number of nitrogens with zero attached hydrogens (tertiary/aromatic N) is 1. The van der Waals surface area contributed by atoms with Crippen molar-refractivity contribution in [3.05, 3.63) is 89.1 Å². The van der Waals surface area contributed by atoms with Crippen molar-refractivity contribution < 1.29 is 4.79 Å². The zero-order valence-electron chi connectivity index (χ0n) is 11.5. The SMILES string of the molecule is O=C1C=C/C(=C\[Se]c2ccccc2)N1Cc1ccccc1. The molecule has 1 aliphatic heterocycles. The zero-order chi connectivity index (χ0) is 14.5. The van der Waals surface area contributed by atoms with Crippen LogP contribution in [-0.2, 0) is 11.3 Å². The molecule has 0 atom stereocenters. The number of allylic oxidation sites excluding steroid dienone is 1. The maximum absolute atomic E-state index is 12.0. The van der Waals surface area contributed by atoms with Gasteiger partial charge >= 0.3 is 131 Å². The monoisotopic (exact) mass is 341 g/mol. The van der Waals surface area contributed by atoms with Gasteiger partial charge < -0.3 is 0 Å². The Labute approximate surface area is 130 Å². The van der Waals surface area contributed by atoms with Gasteiger partial charge in [0.2, 0.25) is 0 Å². The van der Waals surface area contributed by atoms with Gasteiger partial charge in [-0.3, -0.25) is 0 Å². The van der Waals surface area contributed by atoms with Crippen LogP contribution in [0.3, 0.4) is 0 Å². The summed E-state index contributed by atoms with van der Waals surface area (Å²) in [5, 5.41) is 0. The number of carbonyl (C=O) groups excluding carboxylic acids is 1. The van der Waals surface area contributed by atoms with Gasteiger partial charge in [0.05, 0.1) is 0 Å². The third-order valence-corrected chi connectivity index (χ3v) is 5.11. The van der Waals surface area contributed by atoms with E-state index < -0.39 is 0 Å². The van der Waals surface area contributed by atoms with E-state index in [9.17, 15) is 4.79 Å². The van der Waals surface area contributed by atoms with E-state index in [4.69, 9.17) is 0 Å². The molecule has 0 N–H and O–H groups in total. The second-order valence-electron chi connectivity index (χ2n) is 4.72. The Bertz CT molecular complexity index is 677. The van der Waals surface area contributed by atoms with Gasteiger partial charge in [0.1, 0.15) is 0 Å². The molecule has 104 valence electrons. The van der Waals surface area contributed by atoms with Crippen LogP contribution in [0.4, 0.5) is 0 Å². The van der Waals surface area contributed by atoms with E-state index >= 15 is 0 Å². The molecule has 2 aromatic carbocycles. The molecule has 2 nitrogen and oxygen atoms in total. The zero-order valence-corrected chi connectivity index (χ0v) is 13.2. The molecule has 0 aliphatic carbocycles. The summed E-state index contributed by atoms with van der Waals surface area (Å²) in [6.45, 7) is 0.628. The molecule has 0 unspecified atom stereocenters. The summed E-state index contributed by atoms with van der Waals surface area (Å²) in [6.07, 6.45) is 3.56. The van der Waals surface area contributed by atoms with E-state index in [-0.39, 0.29) is 20.9 Å². The average molecular weight is 340 g/mol. The van der Waals surface area contributed by atoms with E-state index in [1.54, 1.807) is 6.08 Å². The van der Waals surface area contributed by atoms with E-state index in [1.807, 2.05) is 59.5 Å². The van der Waals surface area contributed by atoms with E-state index in [2.05, 4.69) is 17.1 Å². The van der Waals surface area contributed by atoms with Gasteiger partial charge in [-0.25, -0.2) is 0 Å². The van der Waals surface area contributed by atoms with Gasteiger partial charge in [-0.1, -0.05) is 0 Å². The molecule has 0 aromatic heterocycles. The Hall–Kier alpha value is -2.09. The van der Waals surface area contributed by atoms with Crippen molar-refractivity contribution in [1.82, 2.24) is 4.90 Å². The topological polar surface area (TPSA) is 20.3 Å². The molecular weight excluding hydrogens is 325 g/mol. The molecule has 0 saturated carbocycles. The normalized spacial score (nSPS) is 15.9. The number of carbonyl (C=O) groups is 1. The van der Waals surface area contributed by atoms with Crippen LogP contribution in [0.25, 0.3) is 0 Å². The number of hydrogen-bond acceptors (Lipinski definition) is 1. The molecule has 0 radical (unpaired) electrons. The average Bonchev–Trinajstić information content (AvgIpc) is 2.88. The number of hydrogen-bond donors (Lipinski definition) is 0. The Balaban J connectivity index is 1.74. The van der Waals surface area contributed by atoms with Crippen LogP contribution >= 0.6 is 0 Å². The van der Waals surface area contributed by atoms with E-state index in [1.165, 1.54) is 4.46 Å². The van der Waals surface area contributed by atoms with Crippen molar-refractivity contribution in [3.8, 4) is 0 Å². The summed E-state index contributed by atoms with van der Waals surface area (Å²) in [6, 6.07) is 20.5. The Morgan fingerprint density at radius 2 is 1.57 bits per heavy atom. The Morgan fingerprint density at radius 3 is 2.29 bits per heavy atom. The fourth-order valence-corrected chi connectivity index (χ4v) is 3.76. The quantitative estimate of drug-likeness (QED) is 0.783. The first-order chi connectivity index (χ1) is 10.3. The van der Waals surface area contributed by atoms with Gasteiger partial charge in [-0.05, 0) is 0 Å². The fraction of sp³-hybridized carbons (Fsp3) is 0.0556. The molecule has 21 heavy (non-hydrogen) atoms. The molecular formula is C18H15NOSe. The van der Waals surface area contributed by atoms with Gasteiger partial charge in [-0.2, -0.15) is 0 Å². The van der Waals surface area contributed by atoms with Crippen LogP contribution in [0, 0.1) is 0 Å². The predicted molar refractivity (Wildman–Crippen MR) is 86.0 cm³/mol. The second-order valence-corrected chi connectivity index (χ2v) is 6.70. The molecule has 0 saturated heterocycles. The minimum absolute atomic E-state index is 0.0639. The van der Waals surface area contributed by atoms with E-state index in [0.29, 0.717) is 6.54 Å². The van der Waals surface area contributed by atoms with Crippen molar-refractivity contribution in [2.24, 2.45) is 0 Å². The standard InChI is InChI=1S/C18H15NOSe/c20-18-12-11-16(14-21-17-9-5-2-6-10-17)19(18)13-15-7-3-1-4-8-15/h1-12,14H,13H2/b16-14+. The van der Waals surface area contributed by atoms with Crippen molar-refractivity contribution in [2.75, 3.05) is 0 Å². The van der Waals surface area contributed by atoms with Crippen molar-refractivity contribution in [1.29, 1.82) is 0 Å². The van der Waals surface area contributed by atoms with Gasteiger partial charge in [0.15, 0.2) is 0 Å². The molecule has 3 heteroatoms. The van der Waals surface area contributed by atoms with Crippen molar-refractivity contribution in [2.45, 2.75) is 6.54 Å². The maximum atomic E-state index is 12.0. The summed E-state index contributed by atoms with van der Waals surface area (Å²) in [5.74, 6) is 0.0639. The van der Waals surface area contributed by atoms with E-state index in [0.717, 1.165) is 11.3 Å². The first-order valence-corrected chi connectivity index (χ1v) is 8.63. The molecule has 0 fully saturated rings. The first-order valence-electron chi connectivity index (χ1n) is 6.78. The summed E-state index contributed by atoms with van der Waals surface area (Å²) in [5.41, 5.74) is 2.15. The summed E-state index contributed by atoms with van der Waals surface area (Å²) < 4.78 is 1.31. The second kappa shape index (κ2) is 6.57. The van der Waals surface area contributed by atoms with Gasteiger partial charge in [-0.15, -0.1) is 0 Å².